The summed E-state index contributed by atoms with van der Waals surface area (Å²) in [6.07, 6.45) is 1.96. The molecule has 7 nitrogen and oxygen atoms in total. The Morgan fingerprint density at radius 1 is 0.857 bits per heavy atom. The molecule has 0 aliphatic heterocycles. The van der Waals surface area contributed by atoms with Crippen LogP contribution < -0.4 is 24.8 Å². The van der Waals surface area contributed by atoms with Crippen LogP contribution in [0.4, 0.5) is 5.69 Å². The van der Waals surface area contributed by atoms with Crippen molar-refractivity contribution in [3.63, 3.8) is 0 Å². The quantitative estimate of drug-likeness (QED) is 0.644. The molecule has 0 saturated heterocycles. The van der Waals surface area contributed by atoms with Crippen molar-refractivity contribution >= 4 is 17.5 Å². The Kier molecular flexibility index (Phi) is 7.68. The van der Waals surface area contributed by atoms with Crippen molar-refractivity contribution in [2.45, 2.75) is 19.8 Å². The van der Waals surface area contributed by atoms with E-state index in [2.05, 4.69) is 17.6 Å². The molecular formula is C21H26N2O5. The van der Waals surface area contributed by atoms with E-state index in [0.717, 1.165) is 12.8 Å². The first-order chi connectivity index (χ1) is 13.5. The summed E-state index contributed by atoms with van der Waals surface area (Å²) < 4.78 is 15.8. The number of unbranched alkanes of at least 4 members (excludes halogenated alkanes) is 1. The average Bonchev–Trinajstić information content (AvgIpc) is 2.73. The largest absolute Gasteiger partial charge is 0.493 e. The summed E-state index contributed by atoms with van der Waals surface area (Å²) in [5.41, 5.74) is 1.47. The summed E-state index contributed by atoms with van der Waals surface area (Å²) in [7, 11) is 4.48. The summed E-state index contributed by atoms with van der Waals surface area (Å²) >= 11 is 0. The number of ether oxygens (including phenoxy) is 3. The lowest BCUT2D eigenvalue weighted by Crippen LogP contribution is -2.24. The fourth-order valence-corrected chi connectivity index (χ4v) is 2.60. The average molecular weight is 386 g/mol. The van der Waals surface area contributed by atoms with Gasteiger partial charge in [-0.05, 0) is 42.8 Å². The van der Waals surface area contributed by atoms with Crippen LogP contribution in [0.25, 0.3) is 0 Å². The topological polar surface area (TPSA) is 85.9 Å². The number of benzene rings is 2. The van der Waals surface area contributed by atoms with Gasteiger partial charge in [-0.3, -0.25) is 9.59 Å². The Hall–Kier alpha value is -3.22. The van der Waals surface area contributed by atoms with Gasteiger partial charge in [0.2, 0.25) is 5.75 Å². The summed E-state index contributed by atoms with van der Waals surface area (Å²) in [6.45, 7) is 2.71. The van der Waals surface area contributed by atoms with E-state index in [1.54, 1.807) is 36.4 Å². The Morgan fingerprint density at radius 3 is 1.96 bits per heavy atom. The highest BCUT2D eigenvalue weighted by molar-refractivity contribution is 6.05. The maximum atomic E-state index is 12.6. The summed E-state index contributed by atoms with van der Waals surface area (Å²) in [4.78, 5) is 24.6. The lowest BCUT2D eigenvalue weighted by molar-refractivity contribution is 0.0952. The molecule has 0 fully saturated rings. The van der Waals surface area contributed by atoms with Crippen molar-refractivity contribution in [3.05, 3.63) is 47.5 Å². The highest BCUT2D eigenvalue weighted by Gasteiger charge is 2.17. The van der Waals surface area contributed by atoms with E-state index in [4.69, 9.17) is 14.2 Å². The monoisotopic (exact) mass is 386 g/mol. The number of rotatable bonds is 9. The molecule has 0 atom stereocenters. The van der Waals surface area contributed by atoms with Crippen LogP contribution in [0, 0.1) is 0 Å². The van der Waals surface area contributed by atoms with Gasteiger partial charge in [-0.2, -0.15) is 0 Å². The van der Waals surface area contributed by atoms with Crippen LogP contribution >= 0.6 is 0 Å². The van der Waals surface area contributed by atoms with Crippen molar-refractivity contribution in [2.24, 2.45) is 0 Å². The first-order valence-corrected chi connectivity index (χ1v) is 9.03. The third kappa shape index (κ3) is 5.16. The van der Waals surface area contributed by atoms with Gasteiger partial charge < -0.3 is 24.8 Å². The summed E-state index contributed by atoms with van der Waals surface area (Å²) in [6, 6.07) is 9.87. The SMILES string of the molecule is CCCCNC(=O)c1ccc(NC(=O)c2cc(OC)c(OC)c(OC)c2)cc1. The fraction of sp³-hybridized carbons (Fsp3) is 0.333. The Morgan fingerprint density at radius 2 is 1.46 bits per heavy atom. The van der Waals surface area contributed by atoms with E-state index in [0.29, 0.717) is 40.6 Å². The molecule has 2 aromatic carbocycles. The van der Waals surface area contributed by atoms with Gasteiger partial charge >= 0.3 is 0 Å². The van der Waals surface area contributed by atoms with E-state index in [9.17, 15) is 9.59 Å². The van der Waals surface area contributed by atoms with Crippen LogP contribution in [0.2, 0.25) is 0 Å². The van der Waals surface area contributed by atoms with Crippen LogP contribution in [-0.4, -0.2) is 39.7 Å². The normalized spacial score (nSPS) is 10.1. The number of carbonyl (C=O) groups excluding carboxylic acids is 2. The summed E-state index contributed by atoms with van der Waals surface area (Å²) in [5, 5.41) is 5.65. The molecular weight excluding hydrogens is 360 g/mol. The summed E-state index contributed by atoms with van der Waals surface area (Å²) in [5.74, 6) is 0.743. The molecule has 0 unspecified atom stereocenters. The minimum Gasteiger partial charge on any atom is -0.493 e. The second-order valence-electron chi connectivity index (χ2n) is 6.05. The number of nitrogens with one attached hydrogen (secondary N) is 2. The molecule has 0 spiro atoms. The minimum absolute atomic E-state index is 0.129. The van der Waals surface area contributed by atoms with Crippen LogP contribution in [0.3, 0.4) is 0 Å². The van der Waals surface area contributed by atoms with Gasteiger partial charge in [0, 0.05) is 23.4 Å². The van der Waals surface area contributed by atoms with Crippen molar-refractivity contribution < 1.29 is 23.8 Å². The van der Waals surface area contributed by atoms with Crippen molar-refractivity contribution in [2.75, 3.05) is 33.2 Å². The highest BCUT2D eigenvalue weighted by atomic mass is 16.5. The zero-order valence-electron chi connectivity index (χ0n) is 16.6. The predicted octanol–water partition coefficient (Wildman–Crippen LogP) is 3.49. The molecule has 0 aliphatic rings. The molecule has 0 aromatic heterocycles. The van der Waals surface area contributed by atoms with Crippen LogP contribution in [0.15, 0.2) is 36.4 Å². The second-order valence-corrected chi connectivity index (χ2v) is 6.05. The standard InChI is InChI=1S/C21H26N2O5/c1-5-6-11-22-20(24)14-7-9-16(10-8-14)23-21(25)15-12-17(26-2)19(28-4)18(13-15)27-3/h7-10,12-13H,5-6,11H2,1-4H3,(H,22,24)(H,23,25). The van der Waals surface area contributed by atoms with Gasteiger partial charge in [-0.1, -0.05) is 13.3 Å². The van der Waals surface area contributed by atoms with Crippen molar-refractivity contribution in [1.29, 1.82) is 0 Å². The zero-order valence-corrected chi connectivity index (χ0v) is 16.6. The highest BCUT2D eigenvalue weighted by Crippen LogP contribution is 2.38. The number of methoxy groups -OCH3 is 3. The molecule has 2 N–H and O–H groups in total. The molecule has 28 heavy (non-hydrogen) atoms. The van der Waals surface area contributed by atoms with Crippen LogP contribution in [0.5, 0.6) is 17.2 Å². The third-order valence-corrected chi connectivity index (χ3v) is 4.15. The maximum Gasteiger partial charge on any atom is 0.255 e. The van der Waals surface area contributed by atoms with Crippen LogP contribution in [-0.2, 0) is 0 Å². The van der Waals surface area contributed by atoms with Gasteiger partial charge in [0.05, 0.1) is 21.3 Å². The molecule has 7 heteroatoms. The lowest BCUT2D eigenvalue weighted by atomic mass is 10.1. The van der Waals surface area contributed by atoms with Gasteiger partial charge in [-0.25, -0.2) is 0 Å². The van der Waals surface area contributed by atoms with Gasteiger partial charge in [0.1, 0.15) is 0 Å². The van der Waals surface area contributed by atoms with E-state index in [-0.39, 0.29) is 11.8 Å². The predicted molar refractivity (Wildman–Crippen MR) is 108 cm³/mol. The molecule has 2 aromatic rings. The van der Waals surface area contributed by atoms with Gasteiger partial charge in [0.25, 0.3) is 11.8 Å². The van der Waals surface area contributed by atoms with Crippen molar-refractivity contribution in [1.82, 2.24) is 5.32 Å². The molecule has 2 amide bonds. The first-order valence-electron chi connectivity index (χ1n) is 9.03. The van der Waals surface area contributed by atoms with E-state index in [1.165, 1.54) is 21.3 Å². The molecule has 0 heterocycles. The maximum absolute atomic E-state index is 12.6. The Balaban J connectivity index is 2.11. The molecule has 0 aliphatic carbocycles. The molecule has 0 radical (unpaired) electrons. The first kappa shape index (κ1) is 21.1. The smallest absolute Gasteiger partial charge is 0.255 e. The molecule has 0 bridgehead atoms. The number of hydrogen-bond donors (Lipinski definition) is 2. The number of carbonyl (C=O) groups is 2. The van der Waals surface area contributed by atoms with Crippen LogP contribution in [0.1, 0.15) is 40.5 Å². The fourth-order valence-electron chi connectivity index (χ4n) is 2.60. The Labute approximate surface area is 165 Å². The number of amides is 2. The zero-order chi connectivity index (χ0) is 20.5. The number of anilines is 1. The molecule has 0 saturated carbocycles. The lowest BCUT2D eigenvalue weighted by Gasteiger charge is -2.14. The van der Waals surface area contributed by atoms with E-state index >= 15 is 0 Å². The molecule has 2 rings (SSSR count). The second kappa shape index (κ2) is 10.2. The van der Waals surface area contributed by atoms with E-state index < -0.39 is 0 Å². The van der Waals surface area contributed by atoms with Crippen molar-refractivity contribution in [3.8, 4) is 17.2 Å². The molecule has 150 valence electrons. The minimum atomic E-state index is -0.334. The third-order valence-electron chi connectivity index (χ3n) is 4.15. The van der Waals surface area contributed by atoms with Gasteiger partial charge in [-0.15, -0.1) is 0 Å². The van der Waals surface area contributed by atoms with Gasteiger partial charge in [0.15, 0.2) is 11.5 Å². The number of hydrogen-bond acceptors (Lipinski definition) is 5. The Bertz CT molecular complexity index is 793. The van der Waals surface area contributed by atoms with E-state index in [1.807, 2.05) is 0 Å².